The van der Waals surface area contributed by atoms with Gasteiger partial charge in [0.1, 0.15) is 11.6 Å². The van der Waals surface area contributed by atoms with Crippen LogP contribution in [-0.4, -0.2) is 49.1 Å². The topological polar surface area (TPSA) is 114 Å². The summed E-state index contributed by atoms with van der Waals surface area (Å²) < 4.78 is 22.3. The molecule has 1 aliphatic heterocycles. The molecule has 1 atom stereocenters. The van der Waals surface area contributed by atoms with E-state index in [2.05, 4.69) is 15.4 Å². The summed E-state index contributed by atoms with van der Waals surface area (Å²) in [6.07, 6.45) is 7.65. The van der Waals surface area contributed by atoms with Crippen molar-refractivity contribution in [2.24, 2.45) is 7.05 Å². The van der Waals surface area contributed by atoms with Gasteiger partial charge in [-0.25, -0.2) is 18.7 Å². The molecule has 2 aliphatic rings. The summed E-state index contributed by atoms with van der Waals surface area (Å²) in [5.74, 6) is 0.346. The molecule has 34 heavy (non-hydrogen) atoms. The zero-order chi connectivity index (χ0) is 23.8. The van der Waals surface area contributed by atoms with E-state index in [0.717, 1.165) is 6.42 Å². The van der Waals surface area contributed by atoms with Crippen molar-refractivity contribution in [3.05, 3.63) is 52.5 Å². The Labute approximate surface area is 195 Å². The minimum Gasteiger partial charge on any atom is -0.405 e. The average molecular weight is 471 g/mol. The van der Waals surface area contributed by atoms with Gasteiger partial charge < -0.3 is 24.6 Å². The van der Waals surface area contributed by atoms with Crippen LogP contribution in [0, 0.1) is 5.82 Å². The summed E-state index contributed by atoms with van der Waals surface area (Å²) in [4.78, 5) is 31.7. The highest BCUT2D eigenvalue weighted by Crippen LogP contribution is 2.35. The van der Waals surface area contributed by atoms with Gasteiger partial charge in [-0.3, -0.25) is 4.79 Å². The zero-order valence-corrected chi connectivity index (χ0v) is 18.9. The largest absolute Gasteiger partial charge is 0.413 e. The molecule has 0 spiro atoms. The van der Waals surface area contributed by atoms with Gasteiger partial charge in [0, 0.05) is 37.6 Å². The Kier molecular flexibility index (Phi) is 5.94. The second kappa shape index (κ2) is 9.05. The highest BCUT2D eigenvalue weighted by atomic mass is 19.1. The molecule has 3 aromatic heterocycles. The third-order valence-corrected chi connectivity index (χ3v) is 6.63. The number of hydrogen-bond acceptors (Lipinski definition) is 7. The van der Waals surface area contributed by atoms with Gasteiger partial charge in [0.25, 0.3) is 5.56 Å². The number of nitrogens with zero attached hydrogens (tertiary/aromatic N) is 5. The Morgan fingerprint density at radius 2 is 2.06 bits per heavy atom. The Morgan fingerprint density at radius 3 is 2.85 bits per heavy atom. The molecular weight excluding hydrogens is 443 g/mol. The van der Waals surface area contributed by atoms with Crippen molar-refractivity contribution < 1.29 is 19.0 Å². The van der Waals surface area contributed by atoms with Crippen LogP contribution in [0.25, 0.3) is 5.65 Å². The van der Waals surface area contributed by atoms with Crippen LogP contribution in [0.1, 0.15) is 50.1 Å². The SMILES string of the molecule is Cn1cc(F)cc([C@H]2CCCN2c2ccn3ncc(OC(=O)NC4CCC(O)CC4)c3n2)c1=O. The molecule has 1 aliphatic carbocycles. The fraction of sp³-hybridized carbons (Fsp3) is 0.478. The predicted octanol–water partition coefficient (Wildman–Crippen LogP) is 2.30. The first-order chi connectivity index (χ1) is 16.4. The maximum atomic E-state index is 14.0. The number of amides is 1. The van der Waals surface area contributed by atoms with E-state index in [0.29, 0.717) is 55.7 Å². The van der Waals surface area contributed by atoms with E-state index in [9.17, 15) is 19.1 Å². The third-order valence-electron chi connectivity index (χ3n) is 6.63. The maximum Gasteiger partial charge on any atom is 0.413 e. The molecule has 11 heteroatoms. The third kappa shape index (κ3) is 4.35. The van der Waals surface area contributed by atoms with E-state index < -0.39 is 11.9 Å². The fourth-order valence-electron chi connectivity index (χ4n) is 4.88. The molecule has 1 saturated heterocycles. The lowest BCUT2D eigenvalue weighted by Gasteiger charge is -2.26. The summed E-state index contributed by atoms with van der Waals surface area (Å²) in [5.41, 5.74) is 0.521. The first-order valence-corrected chi connectivity index (χ1v) is 11.5. The number of nitrogens with one attached hydrogen (secondary N) is 1. The highest BCUT2D eigenvalue weighted by Gasteiger charge is 2.30. The van der Waals surface area contributed by atoms with E-state index in [-0.39, 0.29) is 29.5 Å². The van der Waals surface area contributed by atoms with Crippen LogP contribution in [0.3, 0.4) is 0 Å². The number of fused-ring (bicyclic) bond motifs is 1. The summed E-state index contributed by atoms with van der Waals surface area (Å²) in [6, 6.07) is 2.73. The maximum absolute atomic E-state index is 14.0. The Bertz CT molecular complexity index is 1270. The van der Waals surface area contributed by atoms with Gasteiger partial charge >= 0.3 is 6.09 Å². The Morgan fingerprint density at radius 1 is 1.26 bits per heavy atom. The minimum absolute atomic E-state index is 0.0412. The van der Waals surface area contributed by atoms with Gasteiger partial charge in [-0.05, 0) is 50.7 Å². The zero-order valence-electron chi connectivity index (χ0n) is 18.9. The van der Waals surface area contributed by atoms with Crippen LogP contribution in [-0.2, 0) is 7.05 Å². The van der Waals surface area contributed by atoms with Crippen LogP contribution < -0.4 is 20.5 Å². The molecular formula is C23H27FN6O4. The highest BCUT2D eigenvalue weighted by molar-refractivity contribution is 5.73. The molecule has 180 valence electrons. The van der Waals surface area contributed by atoms with Crippen molar-refractivity contribution in [2.45, 2.75) is 56.7 Å². The van der Waals surface area contributed by atoms with Crippen molar-refractivity contribution in [3.8, 4) is 5.75 Å². The number of aromatic nitrogens is 4. The fourth-order valence-corrected chi connectivity index (χ4v) is 4.88. The van der Waals surface area contributed by atoms with Crippen molar-refractivity contribution in [1.29, 1.82) is 0 Å². The lowest BCUT2D eigenvalue weighted by molar-refractivity contribution is 0.115. The first-order valence-electron chi connectivity index (χ1n) is 11.5. The van der Waals surface area contributed by atoms with Crippen molar-refractivity contribution in [2.75, 3.05) is 11.4 Å². The predicted molar refractivity (Wildman–Crippen MR) is 121 cm³/mol. The van der Waals surface area contributed by atoms with E-state index >= 15 is 0 Å². The van der Waals surface area contributed by atoms with Crippen molar-refractivity contribution in [3.63, 3.8) is 0 Å². The van der Waals surface area contributed by atoms with E-state index in [1.807, 2.05) is 4.90 Å². The van der Waals surface area contributed by atoms with Crippen molar-refractivity contribution in [1.82, 2.24) is 24.5 Å². The number of pyridine rings is 1. The van der Waals surface area contributed by atoms with Gasteiger partial charge in [-0.15, -0.1) is 0 Å². The van der Waals surface area contributed by atoms with Crippen LogP contribution in [0.15, 0.2) is 35.5 Å². The molecule has 0 bridgehead atoms. The van der Waals surface area contributed by atoms with Gasteiger partial charge in [0.05, 0.1) is 18.3 Å². The van der Waals surface area contributed by atoms with E-state index in [1.54, 1.807) is 12.3 Å². The van der Waals surface area contributed by atoms with Gasteiger partial charge in [-0.1, -0.05) is 0 Å². The normalized spacial score (nSPS) is 22.8. The number of rotatable bonds is 4. The molecule has 0 radical (unpaired) electrons. The molecule has 2 fully saturated rings. The molecule has 1 amide bonds. The standard InChI is InChI=1S/C23H27FN6O4/c1-28-13-14(24)11-17(22(28)32)18-3-2-9-29(18)20-8-10-30-21(27-20)19(12-25-30)34-23(33)26-15-4-6-16(31)7-5-15/h8,10-13,15-16,18,31H,2-7,9H2,1H3,(H,26,33)/t15?,16?,18-/m1/s1. The molecule has 0 unspecified atom stereocenters. The summed E-state index contributed by atoms with van der Waals surface area (Å²) in [7, 11) is 1.54. The summed E-state index contributed by atoms with van der Waals surface area (Å²) in [5, 5.41) is 16.7. The molecule has 4 heterocycles. The molecule has 10 nitrogen and oxygen atoms in total. The van der Waals surface area contributed by atoms with Crippen LogP contribution in [0.2, 0.25) is 0 Å². The van der Waals surface area contributed by atoms with E-state index in [4.69, 9.17) is 4.74 Å². The van der Waals surface area contributed by atoms with Crippen molar-refractivity contribution >= 4 is 17.6 Å². The van der Waals surface area contributed by atoms with E-state index in [1.165, 1.54) is 34.6 Å². The number of aryl methyl sites for hydroxylation is 1. The lowest BCUT2D eigenvalue weighted by atomic mass is 9.93. The second-order valence-corrected chi connectivity index (χ2v) is 8.98. The number of carbonyl (C=O) groups excluding carboxylic acids is 1. The first kappa shape index (κ1) is 22.3. The smallest absolute Gasteiger partial charge is 0.405 e. The molecule has 0 aromatic carbocycles. The number of aliphatic hydroxyl groups excluding tert-OH is 1. The molecule has 3 aromatic rings. The molecule has 2 N–H and O–H groups in total. The number of aliphatic hydroxyl groups is 1. The molecule has 5 rings (SSSR count). The number of hydrogen-bond donors (Lipinski definition) is 2. The number of ether oxygens (including phenoxy) is 1. The number of carbonyl (C=O) groups is 1. The number of halogens is 1. The van der Waals surface area contributed by atoms with Gasteiger partial charge in [0.15, 0.2) is 5.75 Å². The lowest BCUT2D eigenvalue weighted by Crippen LogP contribution is -2.40. The average Bonchev–Trinajstić information content (AvgIpc) is 3.45. The molecule has 1 saturated carbocycles. The Balaban J connectivity index is 1.37. The van der Waals surface area contributed by atoms with Crippen LogP contribution in [0.5, 0.6) is 5.75 Å². The van der Waals surface area contributed by atoms with Gasteiger partial charge in [-0.2, -0.15) is 5.10 Å². The summed E-state index contributed by atoms with van der Waals surface area (Å²) >= 11 is 0. The van der Waals surface area contributed by atoms with Crippen LogP contribution >= 0.6 is 0 Å². The monoisotopic (exact) mass is 470 g/mol. The summed E-state index contributed by atoms with van der Waals surface area (Å²) in [6.45, 7) is 0.659. The quantitative estimate of drug-likeness (QED) is 0.601. The van der Waals surface area contributed by atoms with Crippen LogP contribution in [0.4, 0.5) is 15.0 Å². The Hall–Kier alpha value is -3.47. The number of anilines is 1. The minimum atomic E-state index is -0.592. The van der Waals surface area contributed by atoms with Gasteiger partial charge in [0.2, 0.25) is 5.65 Å². The second-order valence-electron chi connectivity index (χ2n) is 8.98.